The lowest BCUT2D eigenvalue weighted by Gasteiger charge is -2.13. The third kappa shape index (κ3) is 3.58. The Kier molecular flexibility index (Phi) is 4.64. The second-order valence-corrected chi connectivity index (χ2v) is 6.21. The van der Waals surface area contributed by atoms with Crippen LogP contribution in [0.1, 0.15) is 27.6 Å². The molecule has 0 aliphatic rings. The maximum Gasteiger partial charge on any atom is 0.129 e. The fourth-order valence-corrected chi connectivity index (χ4v) is 2.90. The summed E-state index contributed by atoms with van der Waals surface area (Å²) in [5.74, 6) is -0.143. The summed E-state index contributed by atoms with van der Waals surface area (Å²) in [6, 6.07) is 11.7. The Hall–Kier alpha value is -0.860. The van der Waals surface area contributed by atoms with Crippen LogP contribution in [0.5, 0.6) is 0 Å². The van der Waals surface area contributed by atoms with E-state index in [0.717, 1.165) is 22.0 Å². The summed E-state index contributed by atoms with van der Waals surface area (Å²) in [6.07, 6.45) is 0.728. The highest BCUT2D eigenvalue weighted by atomic mass is 79.9. The van der Waals surface area contributed by atoms with Crippen molar-refractivity contribution in [3.05, 3.63) is 68.9 Å². The van der Waals surface area contributed by atoms with Gasteiger partial charge in [0.25, 0.3) is 0 Å². The molecule has 0 aliphatic carbocycles. The van der Waals surface area contributed by atoms with Crippen molar-refractivity contribution in [2.24, 2.45) is 0 Å². The largest absolute Gasteiger partial charge is 0.206 e. The normalized spacial score (nSPS) is 12.5. The number of hydrogen-bond acceptors (Lipinski definition) is 0. The van der Waals surface area contributed by atoms with Gasteiger partial charge in [-0.3, -0.25) is 0 Å². The maximum atomic E-state index is 13.6. The van der Waals surface area contributed by atoms with Crippen LogP contribution in [-0.2, 0) is 6.42 Å². The predicted molar refractivity (Wildman–Crippen MR) is 82.3 cm³/mol. The first-order valence-corrected chi connectivity index (χ1v) is 7.35. The molecule has 100 valence electrons. The predicted octanol–water partition coefficient (Wildman–Crippen LogP) is 5.73. The first-order chi connectivity index (χ1) is 8.97. The van der Waals surface area contributed by atoms with Crippen molar-refractivity contribution in [3.8, 4) is 0 Å². The molecule has 0 nitrogen and oxygen atoms in total. The molecule has 0 spiro atoms. The van der Waals surface area contributed by atoms with Crippen molar-refractivity contribution >= 4 is 27.5 Å². The zero-order valence-electron chi connectivity index (χ0n) is 10.9. The zero-order valence-corrected chi connectivity index (χ0v) is 13.2. The van der Waals surface area contributed by atoms with Crippen molar-refractivity contribution in [2.75, 3.05) is 0 Å². The molecule has 2 rings (SSSR count). The third-order valence-electron chi connectivity index (χ3n) is 3.12. The Labute approximate surface area is 126 Å². The number of rotatable bonds is 3. The van der Waals surface area contributed by atoms with E-state index in [1.165, 1.54) is 0 Å². The molecule has 19 heavy (non-hydrogen) atoms. The van der Waals surface area contributed by atoms with Crippen LogP contribution >= 0.6 is 27.5 Å². The van der Waals surface area contributed by atoms with E-state index in [-0.39, 0.29) is 11.2 Å². The topological polar surface area (TPSA) is 0 Å². The van der Waals surface area contributed by atoms with Crippen LogP contribution in [0.15, 0.2) is 40.9 Å². The monoisotopic (exact) mass is 340 g/mol. The summed E-state index contributed by atoms with van der Waals surface area (Å²) < 4.78 is 14.6. The first-order valence-electron chi connectivity index (χ1n) is 6.12. The van der Waals surface area contributed by atoms with Gasteiger partial charge in [0, 0.05) is 4.47 Å². The molecule has 0 heterocycles. The first kappa shape index (κ1) is 14.5. The highest BCUT2D eigenvalue weighted by molar-refractivity contribution is 9.10. The Morgan fingerprint density at radius 2 is 1.79 bits per heavy atom. The van der Waals surface area contributed by atoms with E-state index in [0.29, 0.717) is 11.1 Å². The van der Waals surface area contributed by atoms with E-state index in [9.17, 15) is 4.39 Å². The van der Waals surface area contributed by atoms with Gasteiger partial charge in [0.15, 0.2) is 0 Å². The smallest absolute Gasteiger partial charge is 0.129 e. The van der Waals surface area contributed by atoms with Gasteiger partial charge in [-0.15, -0.1) is 11.6 Å². The van der Waals surface area contributed by atoms with Crippen LogP contribution in [0.2, 0.25) is 0 Å². The van der Waals surface area contributed by atoms with Crippen molar-refractivity contribution in [1.82, 2.24) is 0 Å². The molecule has 0 bridgehead atoms. The highest BCUT2D eigenvalue weighted by Crippen LogP contribution is 2.28. The summed E-state index contributed by atoms with van der Waals surface area (Å²) >= 11 is 9.90. The molecule has 3 heteroatoms. The minimum absolute atomic E-state index is 0.143. The summed E-state index contributed by atoms with van der Waals surface area (Å²) in [7, 11) is 0. The van der Waals surface area contributed by atoms with Gasteiger partial charge in [0.1, 0.15) is 5.82 Å². The molecule has 0 saturated carbocycles. The summed E-state index contributed by atoms with van der Waals surface area (Å²) in [4.78, 5) is 0. The van der Waals surface area contributed by atoms with E-state index in [2.05, 4.69) is 22.0 Å². The molecule has 0 amide bonds. The molecule has 0 fully saturated rings. The number of hydrogen-bond donors (Lipinski definition) is 0. The molecule has 0 N–H and O–H groups in total. The average molecular weight is 342 g/mol. The molecule has 1 atom stereocenters. The Bertz CT molecular complexity index is 572. The lowest BCUT2D eigenvalue weighted by molar-refractivity contribution is 0.608. The number of alkyl halides is 1. The molecule has 2 aromatic rings. The van der Waals surface area contributed by atoms with E-state index in [1.807, 2.05) is 30.3 Å². The van der Waals surface area contributed by atoms with Crippen molar-refractivity contribution < 1.29 is 4.39 Å². The Morgan fingerprint density at radius 3 is 2.37 bits per heavy atom. The average Bonchev–Trinajstić information content (AvgIpc) is 2.35. The summed E-state index contributed by atoms with van der Waals surface area (Å²) in [5, 5.41) is -0.146. The fourth-order valence-electron chi connectivity index (χ4n) is 2.15. The molecule has 2 aromatic carbocycles. The van der Waals surface area contributed by atoms with Crippen molar-refractivity contribution in [3.63, 3.8) is 0 Å². The van der Waals surface area contributed by atoms with Gasteiger partial charge in [-0.2, -0.15) is 0 Å². The number of halogens is 3. The second-order valence-electron chi connectivity index (χ2n) is 4.77. The zero-order chi connectivity index (χ0) is 14.0. The third-order valence-corrected chi connectivity index (χ3v) is 4.02. The van der Waals surface area contributed by atoms with Gasteiger partial charge in [-0.25, -0.2) is 4.39 Å². The van der Waals surface area contributed by atoms with Crippen LogP contribution in [-0.4, -0.2) is 0 Å². The van der Waals surface area contributed by atoms with E-state index in [1.54, 1.807) is 13.8 Å². The Morgan fingerprint density at radius 1 is 1.16 bits per heavy atom. The molecular weight excluding hydrogens is 327 g/mol. The Balaban J connectivity index is 2.23. The standard InChI is InChI=1S/C16H15BrClF/c1-10-6-13(7-11(2)16(10)19)15(18)9-12-4-3-5-14(17)8-12/h3-8,15H,9H2,1-2H3. The van der Waals surface area contributed by atoms with Crippen molar-refractivity contribution in [2.45, 2.75) is 25.6 Å². The summed E-state index contributed by atoms with van der Waals surface area (Å²) in [6.45, 7) is 3.54. The number of benzene rings is 2. The highest BCUT2D eigenvalue weighted by Gasteiger charge is 2.12. The van der Waals surface area contributed by atoms with Crippen molar-refractivity contribution in [1.29, 1.82) is 0 Å². The minimum atomic E-state index is -0.146. The maximum absolute atomic E-state index is 13.6. The molecular formula is C16H15BrClF. The molecule has 1 unspecified atom stereocenters. The van der Waals surface area contributed by atoms with Gasteiger partial charge in [-0.05, 0) is 54.7 Å². The van der Waals surface area contributed by atoms with Gasteiger partial charge in [0.2, 0.25) is 0 Å². The van der Waals surface area contributed by atoms with Gasteiger partial charge < -0.3 is 0 Å². The van der Waals surface area contributed by atoms with E-state index >= 15 is 0 Å². The molecule has 0 aromatic heterocycles. The quantitative estimate of drug-likeness (QED) is 0.626. The van der Waals surface area contributed by atoms with Crippen LogP contribution in [0.3, 0.4) is 0 Å². The lowest BCUT2D eigenvalue weighted by atomic mass is 10.00. The lowest BCUT2D eigenvalue weighted by Crippen LogP contribution is -1.99. The SMILES string of the molecule is Cc1cc(C(Cl)Cc2cccc(Br)c2)cc(C)c1F. The minimum Gasteiger partial charge on any atom is -0.206 e. The second kappa shape index (κ2) is 6.06. The summed E-state index contributed by atoms with van der Waals surface area (Å²) in [5.41, 5.74) is 3.43. The number of aryl methyl sites for hydroxylation is 2. The molecule has 0 aliphatic heterocycles. The van der Waals surface area contributed by atoms with Crippen LogP contribution < -0.4 is 0 Å². The molecule has 0 saturated heterocycles. The van der Waals surface area contributed by atoms with E-state index < -0.39 is 0 Å². The molecule has 0 radical (unpaired) electrons. The van der Waals surface area contributed by atoms with Gasteiger partial charge in [0.05, 0.1) is 5.38 Å². The van der Waals surface area contributed by atoms with Crippen LogP contribution in [0, 0.1) is 19.7 Å². The van der Waals surface area contributed by atoms with E-state index in [4.69, 9.17) is 11.6 Å². The van der Waals surface area contributed by atoms with Gasteiger partial charge >= 0.3 is 0 Å². The van der Waals surface area contributed by atoms with Crippen LogP contribution in [0.4, 0.5) is 4.39 Å². The van der Waals surface area contributed by atoms with Gasteiger partial charge in [-0.1, -0.05) is 40.2 Å². The van der Waals surface area contributed by atoms with Crippen LogP contribution in [0.25, 0.3) is 0 Å². The fraction of sp³-hybridized carbons (Fsp3) is 0.250.